The third-order valence-corrected chi connectivity index (χ3v) is 8.71. The summed E-state index contributed by atoms with van der Waals surface area (Å²) in [5.41, 5.74) is 0. The molecule has 0 fully saturated rings. The molecule has 0 aliphatic heterocycles. The van der Waals surface area contributed by atoms with Crippen molar-refractivity contribution in [2.24, 2.45) is 0 Å². The monoisotopic (exact) mass is 785 g/mol. The van der Waals surface area contributed by atoms with Gasteiger partial charge in [-0.25, -0.2) is 0 Å². The highest BCUT2D eigenvalue weighted by Gasteiger charge is 2.16. The average Bonchev–Trinajstić information content (AvgIpc) is 3.21. The smallest absolute Gasteiger partial charge is 0.306 e. The summed E-state index contributed by atoms with van der Waals surface area (Å²) in [7, 11) is 0. The van der Waals surface area contributed by atoms with E-state index in [2.05, 4.69) is 148 Å². The van der Waals surface area contributed by atoms with E-state index in [4.69, 9.17) is 9.47 Å². The van der Waals surface area contributed by atoms with E-state index in [-0.39, 0.29) is 25.2 Å². The predicted molar refractivity (Wildman–Crippen MR) is 246 cm³/mol. The number of hydrogen-bond acceptors (Lipinski definition) is 5. The zero-order valence-corrected chi connectivity index (χ0v) is 36.0. The fourth-order valence-corrected chi connectivity index (χ4v) is 5.38. The third kappa shape index (κ3) is 44.6. The van der Waals surface area contributed by atoms with E-state index in [0.717, 1.165) is 116 Å². The van der Waals surface area contributed by atoms with Crippen LogP contribution in [0.15, 0.2) is 134 Å². The van der Waals surface area contributed by atoms with Crippen LogP contribution < -0.4 is 0 Å². The van der Waals surface area contributed by atoms with Crippen molar-refractivity contribution >= 4 is 11.9 Å². The number of hydrogen-bond donors (Lipinski definition) is 1. The predicted octanol–water partition coefficient (Wildman–Crippen LogP) is 14.6. The van der Waals surface area contributed by atoms with E-state index in [9.17, 15) is 14.7 Å². The Labute approximate surface area is 349 Å². The van der Waals surface area contributed by atoms with Gasteiger partial charge in [-0.05, 0) is 96.3 Å². The van der Waals surface area contributed by atoms with E-state index in [1.807, 2.05) is 0 Å². The highest BCUT2D eigenvalue weighted by molar-refractivity contribution is 5.70. The Morgan fingerprint density at radius 1 is 0.421 bits per heavy atom. The van der Waals surface area contributed by atoms with Crippen molar-refractivity contribution in [3.63, 3.8) is 0 Å². The van der Waals surface area contributed by atoms with Gasteiger partial charge in [0.05, 0.1) is 6.61 Å². The number of carbonyl (C=O) groups excluding carboxylic acids is 2. The van der Waals surface area contributed by atoms with Gasteiger partial charge in [0.15, 0.2) is 6.10 Å². The third-order valence-electron chi connectivity index (χ3n) is 8.71. The molecule has 1 N–H and O–H groups in total. The van der Waals surface area contributed by atoms with E-state index >= 15 is 0 Å². The summed E-state index contributed by atoms with van der Waals surface area (Å²) >= 11 is 0. The van der Waals surface area contributed by atoms with Crippen LogP contribution in [-0.2, 0) is 19.1 Å². The maximum atomic E-state index is 12.1. The molecule has 0 aromatic carbocycles. The fraction of sp³-hybridized carbons (Fsp3) is 0.538. The van der Waals surface area contributed by atoms with Crippen LogP contribution in [0.1, 0.15) is 162 Å². The molecule has 0 rings (SSSR count). The first-order valence-corrected chi connectivity index (χ1v) is 22.2. The van der Waals surface area contributed by atoms with Crippen molar-refractivity contribution in [1.82, 2.24) is 0 Å². The second-order valence-corrected chi connectivity index (χ2v) is 14.0. The van der Waals surface area contributed by atoms with Crippen molar-refractivity contribution in [2.75, 3.05) is 13.2 Å². The number of aliphatic hydroxyl groups excluding tert-OH is 1. The number of rotatable bonds is 38. The van der Waals surface area contributed by atoms with Gasteiger partial charge < -0.3 is 14.6 Å². The van der Waals surface area contributed by atoms with Crippen LogP contribution in [0, 0.1) is 0 Å². The summed E-state index contributed by atoms with van der Waals surface area (Å²) in [6, 6.07) is 0. The van der Waals surface area contributed by atoms with E-state index in [1.54, 1.807) is 0 Å². The summed E-state index contributed by atoms with van der Waals surface area (Å²) in [4.78, 5) is 24.0. The number of esters is 2. The van der Waals surface area contributed by atoms with Crippen LogP contribution in [0.25, 0.3) is 0 Å². The molecular formula is C52H80O5. The molecular weight excluding hydrogens is 705 g/mol. The van der Waals surface area contributed by atoms with Gasteiger partial charge >= 0.3 is 11.9 Å². The second-order valence-electron chi connectivity index (χ2n) is 14.0. The molecule has 1 atom stereocenters. The van der Waals surface area contributed by atoms with Crippen molar-refractivity contribution in [2.45, 2.75) is 168 Å². The summed E-state index contributed by atoms with van der Waals surface area (Å²) in [6.45, 7) is 3.90. The molecule has 0 saturated carbocycles. The first kappa shape index (κ1) is 53.0. The van der Waals surface area contributed by atoms with Gasteiger partial charge in [0.25, 0.3) is 0 Å². The summed E-state index contributed by atoms with van der Waals surface area (Å²) in [6.07, 6.45) is 69.9. The van der Waals surface area contributed by atoms with Gasteiger partial charge in [-0.15, -0.1) is 0 Å². The largest absolute Gasteiger partial charge is 0.462 e. The highest BCUT2D eigenvalue weighted by Crippen LogP contribution is 2.10. The lowest BCUT2D eigenvalue weighted by Gasteiger charge is -2.15. The minimum Gasteiger partial charge on any atom is -0.462 e. The Balaban J connectivity index is 3.71. The van der Waals surface area contributed by atoms with Crippen LogP contribution in [0.2, 0.25) is 0 Å². The van der Waals surface area contributed by atoms with Crippen LogP contribution in [0.3, 0.4) is 0 Å². The molecule has 1 unspecified atom stereocenters. The Bertz CT molecular complexity index is 1250. The SMILES string of the molecule is CC/C=C\C/C=C\C/C=C\C/C=C\C/C=C\C/C=C\C/C=C\C/C=C\C/C=C\C/C=C\C/C=C\CCCCCC(=O)OC(CO)COC(=O)CCCCCCCC. The zero-order chi connectivity index (χ0) is 41.4. The van der Waals surface area contributed by atoms with E-state index < -0.39 is 6.10 Å². The second kappa shape index (κ2) is 46.4. The molecule has 5 nitrogen and oxygen atoms in total. The number of allylic oxidation sites excluding steroid dienone is 22. The van der Waals surface area contributed by atoms with Gasteiger partial charge in [-0.1, -0.05) is 186 Å². The lowest BCUT2D eigenvalue weighted by atomic mass is 10.1. The standard InChI is InChI=1S/C52H80O5/c1-3-5-7-9-11-12-13-14-15-16-17-18-19-20-21-22-23-24-25-26-27-28-29-30-31-32-33-34-35-36-37-38-39-40-41-43-45-47-52(55)57-50(48-53)49-56-51(54)46-44-42-10-8-6-4-2/h5,7,11-12,14-15,17-18,20-21,23-24,26-27,29-30,32-33,35-36,38-39,50,53H,3-4,6,8-10,13,16,19,22,25,28,31,34,37,40-49H2,1-2H3/b7-5-,12-11-,15-14-,18-17-,21-20-,24-23-,27-26-,30-29-,33-32-,36-35-,39-38-. The molecule has 5 heteroatoms. The molecule has 0 saturated heterocycles. The summed E-state index contributed by atoms with van der Waals surface area (Å²) in [5, 5.41) is 9.49. The lowest BCUT2D eigenvalue weighted by Crippen LogP contribution is -2.28. The number of ether oxygens (including phenoxy) is 2. The van der Waals surface area contributed by atoms with Gasteiger partial charge in [-0.2, -0.15) is 0 Å². The first-order valence-electron chi connectivity index (χ1n) is 22.2. The van der Waals surface area contributed by atoms with Crippen molar-refractivity contribution in [3.8, 4) is 0 Å². The maximum absolute atomic E-state index is 12.1. The number of carbonyl (C=O) groups is 2. The lowest BCUT2D eigenvalue weighted by molar-refractivity contribution is -0.161. The van der Waals surface area contributed by atoms with Crippen LogP contribution in [0.5, 0.6) is 0 Å². The number of aliphatic hydroxyl groups is 1. The molecule has 57 heavy (non-hydrogen) atoms. The Morgan fingerprint density at radius 2 is 0.754 bits per heavy atom. The normalized spacial score (nSPS) is 13.5. The Hall–Kier alpha value is -3.96. The van der Waals surface area contributed by atoms with Gasteiger partial charge in [0.1, 0.15) is 6.61 Å². The minimum absolute atomic E-state index is 0.0878. The molecule has 0 amide bonds. The Morgan fingerprint density at radius 3 is 1.14 bits per heavy atom. The fourth-order valence-electron chi connectivity index (χ4n) is 5.38. The molecule has 0 aromatic heterocycles. The van der Waals surface area contributed by atoms with Crippen molar-refractivity contribution in [3.05, 3.63) is 134 Å². The molecule has 0 aliphatic carbocycles. The topological polar surface area (TPSA) is 72.8 Å². The van der Waals surface area contributed by atoms with Crippen LogP contribution in [-0.4, -0.2) is 36.4 Å². The molecule has 0 aliphatic rings. The zero-order valence-electron chi connectivity index (χ0n) is 36.0. The molecule has 0 aromatic rings. The van der Waals surface area contributed by atoms with Gasteiger partial charge in [-0.3, -0.25) is 9.59 Å². The molecule has 0 heterocycles. The van der Waals surface area contributed by atoms with Crippen LogP contribution in [0.4, 0.5) is 0 Å². The first-order chi connectivity index (χ1) is 28.1. The van der Waals surface area contributed by atoms with E-state index in [0.29, 0.717) is 12.8 Å². The molecule has 0 radical (unpaired) electrons. The molecule has 0 bridgehead atoms. The van der Waals surface area contributed by atoms with Crippen molar-refractivity contribution < 1.29 is 24.2 Å². The highest BCUT2D eigenvalue weighted by atomic mass is 16.6. The van der Waals surface area contributed by atoms with Gasteiger partial charge in [0.2, 0.25) is 0 Å². The Kier molecular flexibility index (Phi) is 43.2. The quantitative estimate of drug-likeness (QED) is 0.0383. The maximum Gasteiger partial charge on any atom is 0.306 e. The van der Waals surface area contributed by atoms with Gasteiger partial charge in [0, 0.05) is 12.8 Å². The minimum atomic E-state index is -0.794. The number of unbranched alkanes of at least 4 members (excludes halogenated alkanes) is 8. The van der Waals surface area contributed by atoms with E-state index in [1.165, 1.54) is 19.3 Å². The summed E-state index contributed by atoms with van der Waals surface area (Å²) in [5.74, 6) is -0.653. The van der Waals surface area contributed by atoms with Crippen LogP contribution >= 0.6 is 0 Å². The van der Waals surface area contributed by atoms with Crippen molar-refractivity contribution in [1.29, 1.82) is 0 Å². The summed E-state index contributed by atoms with van der Waals surface area (Å²) < 4.78 is 10.5. The molecule has 0 spiro atoms. The average molecular weight is 785 g/mol. The molecule has 318 valence electrons.